The molecular weight excluding hydrogens is 346 g/mol. The Balaban J connectivity index is 1.58. The topological polar surface area (TPSA) is 64.1 Å². The Labute approximate surface area is 156 Å². The number of ether oxygens (including phenoxy) is 1. The molecule has 0 fully saturated rings. The first-order valence-electron chi connectivity index (χ1n) is 8.12. The fourth-order valence-corrected chi connectivity index (χ4v) is 3.05. The van der Waals surface area contributed by atoms with Crippen molar-refractivity contribution in [1.29, 1.82) is 0 Å². The van der Waals surface area contributed by atoms with Gasteiger partial charge in [-0.3, -0.25) is 4.79 Å². The zero-order chi connectivity index (χ0) is 18.4. The minimum absolute atomic E-state index is 0.104. The number of benzene rings is 2. The predicted molar refractivity (Wildman–Crippen MR) is 105 cm³/mol. The summed E-state index contributed by atoms with van der Waals surface area (Å²) in [7, 11) is 1.59. The molecule has 1 N–H and O–H groups in total. The fourth-order valence-electron chi connectivity index (χ4n) is 2.44. The van der Waals surface area contributed by atoms with Crippen LogP contribution in [0.2, 0.25) is 0 Å². The molecule has 0 atom stereocenters. The lowest BCUT2D eigenvalue weighted by atomic mass is 10.1. The summed E-state index contributed by atoms with van der Waals surface area (Å²) in [6, 6.07) is 19.1. The fraction of sp³-hybridized carbons (Fsp3) is 0.150. The van der Waals surface area contributed by atoms with Crippen LogP contribution in [0.3, 0.4) is 0 Å². The molecule has 6 heteroatoms. The molecule has 0 saturated carbocycles. The highest BCUT2D eigenvalue weighted by Gasteiger charge is 2.07. The van der Waals surface area contributed by atoms with Gasteiger partial charge in [0.15, 0.2) is 0 Å². The summed E-state index contributed by atoms with van der Waals surface area (Å²) in [5.74, 6) is 0.858. The van der Waals surface area contributed by atoms with Gasteiger partial charge in [0.2, 0.25) is 5.91 Å². The average Bonchev–Trinajstić information content (AvgIpc) is 2.67. The average molecular weight is 365 g/mol. The van der Waals surface area contributed by atoms with Crippen LogP contribution < -0.4 is 10.1 Å². The van der Waals surface area contributed by atoms with E-state index in [1.807, 2.05) is 61.5 Å². The first-order valence-corrected chi connectivity index (χ1v) is 9.11. The van der Waals surface area contributed by atoms with Crippen molar-refractivity contribution in [3.05, 3.63) is 66.2 Å². The summed E-state index contributed by atoms with van der Waals surface area (Å²) < 4.78 is 5.15. The van der Waals surface area contributed by atoms with Crippen LogP contribution in [0.5, 0.6) is 5.75 Å². The molecule has 0 aliphatic carbocycles. The van der Waals surface area contributed by atoms with E-state index in [-0.39, 0.29) is 11.7 Å². The van der Waals surface area contributed by atoms with Gasteiger partial charge in [-0.05, 0) is 36.8 Å². The van der Waals surface area contributed by atoms with Crippen LogP contribution >= 0.6 is 11.8 Å². The molecule has 0 unspecified atom stereocenters. The Hall–Kier alpha value is -2.86. The molecule has 0 bridgehead atoms. The van der Waals surface area contributed by atoms with Crippen molar-refractivity contribution in [3.63, 3.8) is 0 Å². The second kappa shape index (κ2) is 8.49. The summed E-state index contributed by atoms with van der Waals surface area (Å²) in [4.78, 5) is 12.1. The second-order valence-corrected chi connectivity index (χ2v) is 6.64. The third-order valence-electron chi connectivity index (χ3n) is 3.77. The van der Waals surface area contributed by atoms with E-state index in [0.717, 1.165) is 16.8 Å². The summed E-state index contributed by atoms with van der Waals surface area (Å²) in [5.41, 5.74) is 3.75. The highest BCUT2D eigenvalue weighted by atomic mass is 32.2. The lowest BCUT2D eigenvalue weighted by Crippen LogP contribution is -2.14. The Morgan fingerprint density at radius 1 is 1.08 bits per heavy atom. The Morgan fingerprint density at radius 2 is 1.92 bits per heavy atom. The molecule has 0 radical (unpaired) electrons. The quantitative estimate of drug-likeness (QED) is 0.664. The van der Waals surface area contributed by atoms with Crippen molar-refractivity contribution in [2.75, 3.05) is 18.2 Å². The lowest BCUT2D eigenvalue weighted by molar-refractivity contribution is -0.113. The summed E-state index contributed by atoms with van der Waals surface area (Å²) >= 11 is 1.35. The summed E-state index contributed by atoms with van der Waals surface area (Å²) in [6.07, 6.45) is 0. The monoisotopic (exact) mass is 365 g/mol. The van der Waals surface area contributed by atoms with Crippen LogP contribution in [0.15, 0.2) is 65.7 Å². The van der Waals surface area contributed by atoms with Gasteiger partial charge >= 0.3 is 0 Å². The van der Waals surface area contributed by atoms with Gasteiger partial charge in [-0.15, -0.1) is 10.2 Å². The van der Waals surface area contributed by atoms with E-state index in [1.54, 1.807) is 13.2 Å². The standard InChI is InChI=1S/C20H19N3O2S/c1-14-6-3-4-9-17(14)18-10-11-20(23-22-18)26-13-19(24)21-15-7-5-8-16(12-15)25-2/h3-12H,13H2,1-2H3,(H,21,24). The molecule has 5 nitrogen and oxygen atoms in total. The van der Waals surface area contributed by atoms with Crippen molar-refractivity contribution < 1.29 is 9.53 Å². The number of methoxy groups -OCH3 is 1. The molecule has 0 aliphatic heterocycles. The molecule has 0 aliphatic rings. The van der Waals surface area contributed by atoms with E-state index >= 15 is 0 Å². The smallest absolute Gasteiger partial charge is 0.234 e. The molecule has 2 aromatic carbocycles. The van der Waals surface area contributed by atoms with Gasteiger partial charge in [0.25, 0.3) is 0 Å². The van der Waals surface area contributed by atoms with Crippen molar-refractivity contribution in [1.82, 2.24) is 10.2 Å². The Morgan fingerprint density at radius 3 is 2.65 bits per heavy atom. The van der Waals surface area contributed by atoms with E-state index in [0.29, 0.717) is 16.5 Å². The minimum Gasteiger partial charge on any atom is -0.497 e. The van der Waals surface area contributed by atoms with Crippen LogP contribution in [0, 0.1) is 6.92 Å². The van der Waals surface area contributed by atoms with E-state index in [2.05, 4.69) is 15.5 Å². The van der Waals surface area contributed by atoms with Crippen molar-refractivity contribution in [3.8, 4) is 17.0 Å². The van der Waals surface area contributed by atoms with E-state index < -0.39 is 0 Å². The number of nitrogens with one attached hydrogen (secondary N) is 1. The third kappa shape index (κ3) is 4.61. The van der Waals surface area contributed by atoms with Crippen LogP contribution in [0.25, 0.3) is 11.3 Å². The Bertz CT molecular complexity index is 898. The Kier molecular flexibility index (Phi) is 5.86. The number of aryl methyl sites for hydroxylation is 1. The van der Waals surface area contributed by atoms with Crippen molar-refractivity contribution in [2.24, 2.45) is 0 Å². The van der Waals surface area contributed by atoms with Gasteiger partial charge < -0.3 is 10.1 Å². The van der Waals surface area contributed by atoms with E-state index in [1.165, 1.54) is 11.8 Å². The maximum absolute atomic E-state index is 12.1. The van der Waals surface area contributed by atoms with Crippen LogP contribution in [-0.4, -0.2) is 29.0 Å². The molecule has 3 aromatic rings. The third-order valence-corrected chi connectivity index (χ3v) is 4.69. The number of rotatable bonds is 6. The first kappa shape index (κ1) is 17.9. The van der Waals surface area contributed by atoms with Gasteiger partial charge in [-0.25, -0.2) is 0 Å². The van der Waals surface area contributed by atoms with Gasteiger partial charge in [0, 0.05) is 17.3 Å². The molecule has 26 heavy (non-hydrogen) atoms. The molecule has 0 spiro atoms. The predicted octanol–water partition coefficient (Wildman–Crippen LogP) is 4.19. The van der Waals surface area contributed by atoms with E-state index in [9.17, 15) is 4.79 Å². The second-order valence-electron chi connectivity index (χ2n) is 5.64. The van der Waals surface area contributed by atoms with Crippen LogP contribution in [-0.2, 0) is 4.79 Å². The number of carbonyl (C=O) groups excluding carboxylic acids is 1. The number of hydrogen-bond acceptors (Lipinski definition) is 5. The van der Waals surface area contributed by atoms with Gasteiger partial charge in [-0.1, -0.05) is 42.1 Å². The largest absolute Gasteiger partial charge is 0.497 e. The first-order chi connectivity index (χ1) is 12.7. The zero-order valence-corrected chi connectivity index (χ0v) is 15.4. The van der Waals surface area contributed by atoms with Crippen molar-refractivity contribution >= 4 is 23.4 Å². The zero-order valence-electron chi connectivity index (χ0n) is 14.6. The number of carbonyl (C=O) groups is 1. The number of nitrogens with zero attached hydrogens (tertiary/aromatic N) is 2. The number of amides is 1. The molecular formula is C20H19N3O2S. The molecule has 1 heterocycles. The van der Waals surface area contributed by atoms with Gasteiger partial charge in [-0.2, -0.15) is 0 Å². The SMILES string of the molecule is COc1cccc(NC(=O)CSc2ccc(-c3ccccc3C)nn2)c1. The molecule has 3 rings (SSSR count). The van der Waals surface area contributed by atoms with Crippen LogP contribution in [0.1, 0.15) is 5.56 Å². The van der Waals surface area contributed by atoms with Crippen molar-refractivity contribution in [2.45, 2.75) is 11.9 Å². The highest BCUT2D eigenvalue weighted by Crippen LogP contribution is 2.23. The van der Waals surface area contributed by atoms with Gasteiger partial charge in [0.05, 0.1) is 18.6 Å². The summed E-state index contributed by atoms with van der Waals surface area (Å²) in [6.45, 7) is 2.04. The number of anilines is 1. The molecule has 0 saturated heterocycles. The number of hydrogen-bond donors (Lipinski definition) is 1. The molecule has 132 valence electrons. The normalized spacial score (nSPS) is 10.4. The maximum Gasteiger partial charge on any atom is 0.234 e. The number of aromatic nitrogens is 2. The molecule has 1 amide bonds. The van der Waals surface area contributed by atoms with Gasteiger partial charge in [0.1, 0.15) is 10.8 Å². The summed E-state index contributed by atoms with van der Waals surface area (Å²) in [5, 5.41) is 12.0. The molecule has 1 aromatic heterocycles. The van der Waals surface area contributed by atoms with E-state index in [4.69, 9.17) is 4.74 Å². The highest BCUT2D eigenvalue weighted by molar-refractivity contribution is 7.99. The lowest BCUT2D eigenvalue weighted by Gasteiger charge is -2.07. The number of thioether (sulfide) groups is 1. The maximum atomic E-state index is 12.1. The minimum atomic E-state index is -0.104. The van der Waals surface area contributed by atoms with Crippen LogP contribution in [0.4, 0.5) is 5.69 Å².